The van der Waals surface area contributed by atoms with Crippen LogP contribution in [-0.2, 0) is 10.0 Å². The van der Waals surface area contributed by atoms with E-state index in [4.69, 9.17) is 4.74 Å². The Kier molecular flexibility index (Phi) is 5.32. The fourth-order valence-corrected chi connectivity index (χ4v) is 3.54. The summed E-state index contributed by atoms with van der Waals surface area (Å²) in [4.78, 5) is 20.1. The number of anilines is 2. The van der Waals surface area contributed by atoms with Gasteiger partial charge in [0, 0.05) is 18.0 Å². The Morgan fingerprint density at radius 1 is 1.00 bits per heavy atom. The molecule has 0 saturated heterocycles. The number of ether oxygens (including phenoxy) is 1. The average Bonchev–Trinajstić information content (AvgIpc) is 2.68. The van der Waals surface area contributed by atoms with E-state index in [2.05, 4.69) is 20.0 Å². The van der Waals surface area contributed by atoms with Gasteiger partial charge in [-0.15, -0.1) is 0 Å². The third-order valence-electron chi connectivity index (χ3n) is 3.55. The van der Waals surface area contributed by atoms with Crippen molar-refractivity contribution in [3.63, 3.8) is 0 Å². The predicted octanol–water partition coefficient (Wildman–Crippen LogP) is 2.54. The van der Waals surface area contributed by atoms with Gasteiger partial charge in [-0.1, -0.05) is 0 Å². The largest absolute Gasteiger partial charge is 0.495 e. The highest BCUT2D eigenvalue weighted by Crippen LogP contribution is 2.27. The van der Waals surface area contributed by atoms with Crippen LogP contribution in [0.3, 0.4) is 0 Å². The van der Waals surface area contributed by atoms with Crippen molar-refractivity contribution in [3.8, 4) is 5.75 Å². The lowest BCUT2D eigenvalue weighted by Crippen LogP contribution is -2.17. The molecular formula is C18H16N4O4S. The summed E-state index contributed by atoms with van der Waals surface area (Å²) in [6.07, 6.45) is 5.98. The lowest BCUT2D eigenvalue weighted by Gasteiger charge is -2.13. The van der Waals surface area contributed by atoms with E-state index in [1.165, 1.54) is 43.9 Å². The fraction of sp³-hybridized carbons (Fsp3) is 0.0556. The van der Waals surface area contributed by atoms with Crippen LogP contribution in [0.15, 0.2) is 72.1 Å². The van der Waals surface area contributed by atoms with E-state index in [9.17, 15) is 13.2 Å². The number of methoxy groups -OCH3 is 1. The minimum absolute atomic E-state index is 0.115. The molecule has 2 aromatic heterocycles. The molecule has 2 N–H and O–H groups in total. The molecule has 0 aliphatic carbocycles. The van der Waals surface area contributed by atoms with Crippen molar-refractivity contribution in [2.45, 2.75) is 4.90 Å². The molecule has 9 heteroatoms. The van der Waals surface area contributed by atoms with E-state index in [0.29, 0.717) is 11.4 Å². The minimum Gasteiger partial charge on any atom is -0.495 e. The minimum atomic E-state index is -3.99. The maximum Gasteiger partial charge on any atom is 0.265 e. The number of sulfonamides is 1. The molecular weight excluding hydrogens is 368 g/mol. The van der Waals surface area contributed by atoms with Crippen molar-refractivity contribution in [1.82, 2.24) is 9.97 Å². The van der Waals surface area contributed by atoms with Crippen molar-refractivity contribution in [2.24, 2.45) is 0 Å². The molecule has 0 unspecified atom stereocenters. The Labute approximate surface area is 156 Å². The molecule has 1 aromatic carbocycles. The van der Waals surface area contributed by atoms with Crippen LogP contribution in [0.4, 0.5) is 11.4 Å². The Morgan fingerprint density at radius 3 is 2.26 bits per heavy atom. The molecule has 0 aliphatic rings. The molecule has 1 amide bonds. The van der Waals surface area contributed by atoms with E-state index in [0.717, 1.165) is 0 Å². The van der Waals surface area contributed by atoms with Gasteiger partial charge in [0.05, 0.1) is 30.9 Å². The molecule has 3 rings (SSSR count). The van der Waals surface area contributed by atoms with E-state index in [1.54, 1.807) is 30.5 Å². The van der Waals surface area contributed by atoms with Gasteiger partial charge in [-0.3, -0.25) is 19.5 Å². The summed E-state index contributed by atoms with van der Waals surface area (Å²) in [5, 5.41) is 2.66. The second-order valence-corrected chi connectivity index (χ2v) is 7.06. The molecule has 0 spiro atoms. The van der Waals surface area contributed by atoms with Crippen molar-refractivity contribution in [1.29, 1.82) is 0 Å². The molecule has 8 nitrogen and oxygen atoms in total. The highest BCUT2D eigenvalue weighted by atomic mass is 32.2. The number of benzene rings is 1. The second kappa shape index (κ2) is 7.83. The van der Waals surface area contributed by atoms with Gasteiger partial charge in [0.15, 0.2) is 0 Å². The first-order valence-corrected chi connectivity index (χ1v) is 9.30. The molecule has 2 heterocycles. The summed E-state index contributed by atoms with van der Waals surface area (Å²) in [7, 11) is -2.64. The number of amides is 1. The molecule has 3 aromatic rings. The number of hydrogen-bond donors (Lipinski definition) is 2. The Hall–Kier alpha value is -3.46. The van der Waals surface area contributed by atoms with Gasteiger partial charge in [-0.2, -0.15) is 0 Å². The standard InChI is InChI=1S/C18H16N4O4S/c1-26-16-7-6-13(18(23)21-14-4-2-8-19-11-14)10-17(16)27(24,25)22-15-5-3-9-20-12-15/h2-12,22H,1H3,(H,21,23). The third kappa shape index (κ3) is 4.39. The normalized spacial score (nSPS) is 10.9. The second-order valence-electron chi connectivity index (χ2n) is 5.41. The van der Waals surface area contributed by atoms with Crippen molar-refractivity contribution in [2.75, 3.05) is 17.1 Å². The van der Waals surface area contributed by atoms with Crippen LogP contribution in [0.1, 0.15) is 10.4 Å². The average molecular weight is 384 g/mol. The highest BCUT2D eigenvalue weighted by molar-refractivity contribution is 7.92. The van der Waals surface area contributed by atoms with Crippen molar-refractivity contribution in [3.05, 3.63) is 72.8 Å². The van der Waals surface area contributed by atoms with Gasteiger partial charge in [0.1, 0.15) is 10.6 Å². The number of carbonyl (C=O) groups excluding carboxylic acids is 1. The van der Waals surface area contributed by atoms with Crippen LogP contribution >= 0.6 is 0 Å². The van der Waals surface area contributed by atoms with Gasteiger partial charge in [-0.05, 0) is 42.5 Å². The van der Waals surface area contributed by atoms with Gasteiger partial charge >= 0.3 is 0 Å². The summed E-state index contributed by atoms with van der Waals surface area (Å²) < 4.78 is 33.1. The summed E-state index contributed by atoms with van der Waals surface area (Å²) in [5.74, 6) is -0.354. The first-order chi connectivity index (χ1) is 13.0. The molecule has 138 valence electrons. The Balaban J connectivity index is 1.92. The first kappa shape index (κ1) is 18.3. The number of rotatable bonds is 6. The van der Waals surface area contributed by atoms with Gasteiger partial charge in [0.25, 0.3) is 15.9 Å². The molecule has 0 radical (unpaired) electrons. The van der Waals surface area contributed by atoms with Crippen LogP contribution in [0.2, 0.25) is 0 Å². The fourth-order valence-electron chi connectivity index (χ4n) is 2.30. The summed E-state index contributed by atoms with van der Waals surface area (Å²) in [6, 6.07) is 10.7. The summed E-state index contributed by atoms with van der Waals surface area (Å²) in [5.41, 5.74) is 0.951. The number of nitrogens with one attached hydrogen (secondary N) is 2. The zero-order chi connectivity index (χ0) is 19.3. The van der Waals surface area contributed by atoms with Gasteiger partial charge < -0.3 is 10.1 Å². The summed E-state index contributed by atoms with van der Waals surface area (Å²) in [6.45, 7) is 0. The van der Waals surface area contributed by atoms with Crippen LogP contribution in [-0.4, -0.2) is 31.4 Å². The number of pyridine rings is 2. The monoisotopic (exact) mass is 384 g/mol. The first-order valence-electron chi connectivity index (χ1n) is 7.82. The van der Waals surface area contributed by atoms with Crippen LogP contribution in [0, 0.1) is 0 Å². The van der Waals surface area contributed by atoms with Crippen molar-refractivity contribution < 1.29 is 17.9 Å². The third-order valence-corrected chi connectivity index (χ3v) is 4.95. The zero-order valence-corrected chi connectivity index (χ0v) is 15.1. The summed E-state index contributed by atoms with van der Waals surface area (Å²) >= 11 is 0. The molecule has 0 saturated carbocycles. The topological polar surface area (TPSA) is 110 Å². The lowest BCUT2D eigenvalue weighted by molar-refractivity contribution is 0.102. The van der Waals surface area contributed by atoms with E-state index >= 15 is 0 Å². The Morgan fingerprint density at radius 2 is 1.67 bits per heavy atom. The highest BCUT2D eigenvalue weighted by Gasteiger charge is 2.22. The van der Waals surface area contributed by atoms with Crippen LogP contribution in [0.25, 0.3) is 0 Å². The van der Waals surface area contributed by atoms with Crippen LogP contribution in [0.5, 0.6) is 5.75 Å². The van der Waals surface area contributed by atoms with E-state index in [-0.39, 0.29) is 16.2 Å². The van der Waals surface area contributed by atoms with E-state index in [1.807, 2.05) is 0 Å². The quantitative estimate of drug-likeness (QED) is 0.676. The smallest absolute Gasteiger partial charge is 0.265 e. The van der Waals surface area contributed by atoms with Crippen LogP contribution < -0.4 is 14.8 Å². The molecule has 0 fully saturated rings. The molecule has 0 aliphatic heterocycles. The number of carbonyl (C=O) groups is 1. The number of hydrogen-bond acceptors (Lipinski definition) is 6. The SMILES string of the molecule is COc1ccc(C(=O)Nc2cccnc2)cc1S(=O)(=O)Nc1cccnc1. The van der Waals surface area contributed by atoms with Crippen molar-refractivity contribution >= 4 is 27.3 Å². The Bertz CT molecular complexity index is 1040. The number of aromatic nitrogens is 2. The van der Waals surface area contributed by atoms with Gasteiger partial charge in [-0.25, -0.2) is 8.42 Å². The zero-order valence-electron chi connectivity index (χ0n) is 14.3. The van der Waals surface area contributed by atoms with E-state index < -0.39 is 15.9 Å². The molecule has 0 atom stereocenters. The maximum absolute atomic E-state index is 12.8. The molecule has 27 heavy (non-hydrogen) atoms. The molecule has 0 bridgehead atoms. The lowest BCUT2D eigenvalue weighted by atomic mass is 10.2. The van der Waals surface area contributed by atoms with Gasteiger partial charge in [0.2, 0.25) is 0 Å². The maximum atomic E-state index is 12.8. The predicted molar refractivity (Wildman–Crippen MR) is 100 cm³/mol. The number of nitrogens with zero attached hydrogens (tertiary/aromatic N) is 2.